The first-order valence-corrected chi connectivity index (χ1v) is 8.40. The lowest BCUT2D eigenvalue weighted by Gasteiger charge is -2.11. The first-order chi connectivity index (χ1) is 8.25. The molecule has 92 valence electrons. The van der Waals surface area contributed by atoms with Crippen molar-refractivity contribution in [2.45, 2.75) is 33.1 Å². The molecule has 0 nitrogen and oxygen atoms in total. The second kappa shape index (κ2) is 6.36. The van der Waals surface area contributed by atoms with Crippen LogP contribution in [0.15, 0.2) is 42.0 Å². The van der Waals surface area contributed by atoms with Crippen molar-refractivity contribution in [3.05, 3.63) is 42.0 Å². The fourth-order valence-corrected chi connectivity index (χ4v) is 5.46. The Balaban J connectivity index is 1.82. The molecule has 0 bridgehead atoms. The Morgan fingerprint density at radius 1 is 1.29 bits per heavy atom. The average molecular weight is 246 g/mol. The molecular weight excluding hydrogens is 223 g/mol. The maximum Gasteiger partial charge on any atom is -0.0240 e. The van der Waals surface area contributed by atoms with Gasteiger partial charge in [-0.15, -0.1) is 0 Å². The fraction of sp³-hybridized carbons (Fsp3) is 0.500. The van der Waals surface area contributed by atoms with Gasteiger partial charge >= 0.3 is 0 Å². The molecule has 0 amide bonds. The van der Waals surface area contributed by atoms with E-state index in [2.05, 4.69) is 50.3 Å². The molecule has 1 heterocycles. The van der Waals surface area contributed by atoms with Crippen LogP contribution in [0.4, 0.5) is 0 Å². The molecule has 0 spiro atoms. The normalized spacial score (nSPS) is 23.6. The predicted octanol–water partition coefficient (Wildman–Crippen LogP) is 4.56. The molecule has 0 aromatic heterocycles. The molecule has 2 unspecified atom stereocenters. The van der Waals surface area contributed by atoms with Crippen LogP contribution in [-0.2, 0) is 0 Å². The van der Waals surface area contributed by atoms with Crippen molar-refractivity contribution < 1.29 is 0 Å². The highest BCUT2D eigenvalue weighted by Gasteiger charge is 2.24. The lowest BCUT2D eigenvalue weighted by molar-refractivity contribution is 0.551. The van der Waals surface area contributed by atoms with Crippen LogP contribution in [0.3, 0.4) is 0 Å². The van der Waals surface area contributed by atoms with E-state index < -0.39 is 0 Å². The molecular formula is C16H23P. The molecule has 1 aromatic rings. The second-order valence-electron chi connectivity index (χ2n) is 5.30. The standard InChI is InChI=1S/C16H23P/c1-14(2)7-6-8-15-11-12-17(13-15)16-9-4-3-5-10-16/h3-5,7,9-10,15H,6,8,11-13H2,1-2H3. The highest BCUT2D eigenvalue weighted by molar-refractivity contribution is 7.65. The summed E-state index contributed by atoms with van der Waals surface area (Å²) in [5.74, 6) is 0.983. The van der Waals surface area contributed by atoms with E-state index in [1.54, 1.807) is 5.30 Å². The topological polar surface area (TPSA) is 0 Å². The van der Waals surface area contributed by atoms with E-state index in [-0.39, 0.29) is 7.92 Å². The number of rotatable bonds is 4. The molecule has 2 rings (SSSR count). The first-order valence-electron chi connectivity index (χ1n) is 6.69. The van der Waals surface area contributed by atoms with Gasteiger partial charge in [0.05, 0.1) is 0 Å². The summed E-state index contributed by atoms with van der Waals surface area (Å²) in [6.45, 7) is 4.40. The Kier molecular flexibility index (Phi) is 4.80. The van der Waals surface area contributed by atoms with Gasteiger partial charge in [-0.1, -0.05) is 49.9 Å². The van der Waals surface area contributed by atoms with E-state index in [9.17, 15) is 0 Å². The van der Waals surface area contributed by atoms with Gasteiger partial charge in [0, 0.05) is 0 Å². The van der Waals surface area contributed by atoms with Crippen molar-refractivity contribution in [1.29, 1.82) is 0 Å². The zero-order valence-electron chi connectivity index (χ0n) is 11.0. The molecule has 0 N–H and O–H groups in total. The van der Waals surface area contributed by atoms with Gasteiger partial charge in [-0.3, -0.25) is 0 Å². The lowest BCUT2D eigenvalue weighted by atomic mass is 10.0. The summed E-state index contributed by atoms with van der Waals surface area (Å²) in [4.78, 5) is 0. The third kappa shape index (κ3) is 3.96. The molecule has 1 aliphatic heterocycles. The minimum atomic E-state index is 0.168. The largest absolute Gasteiger partial charge is 0.0859 e. The van der Waals surface area contributed by atoms with E-state index in [1.807, 2.05) is 0 Å². The van der Waals surface area contributed by atoms with Crippen molar-refractivity contribution in [2.75, 3.05) is 12.3 Å². The second-order valence-corrected chi connectivity index (χ2v) is 7.70. The van der Waals surface area contributed by atoms with Crippen molar-refractivity contribution in [3.8, 4) is 0 Å². The minimum absolute atomic E-state index is 0.168. The summed E-state index contributed by atoms with van der Waals surface area (Å²) in [6.07, 6.45) is 9.46. The van der Waals surface area contributed by atoms with Crippen molar-refractivity contribution in [1.82, 2.24) is 0 Å². The van der Waals surface area contributed by atoms with Gasteiger partial charge in [-0.25, -0.2) is 0 Å². The zero-order valence-corrected chi connectivity index (χ0v) is 11.9. The Morgan fingerprint density at radius 3 is 2.76 bits per heavy atom. The summed E-state index contributed by atoms with van der Waals surface area (Å²) in [7, 11) is 0.168. The SMILES string of the molecule is CC(C)=CCCC1CCP(c2ccccc2)C1. The number of hydrogen-bond acceptors (Lipinski definition) is 0. The highest BCUT2D eigenvalue weighted by atomic mass is 31.1. The van der Waals surface area contributed by atoms with Crippen molar-refractivity contribution >= 4 is 13.2 Å². The van der Waals surface area contributed by atoms with Crippen LogP contribution in [0.2, 0.25) is 0 Å². The third-order valence-electron chi connectivity index (χ3n) is 3.53. The van der Waals surface area contributed by atoms with Crippen LogP contribution >= 0.6 is 7.92 Å². The van der Waals surface area contributed by atoms with Gasteiger partial charge < -0.3 is 0 Å². The number of hydrogen-bond donors (Lipinski definition) is 0. The van der Waals surface area contributed by atoms with Gasteiger partial charge in [-0.2, -0.15) is 0 Å². The van der Waals surface area contributed by atoms with Gasteiger partial charge in [0.2, 0.25) is 0 Å². The smallest absolute Gasteiger partial charge is 0.0240 e. The van der Waals surface area contributed by atoms with Crippen LogP contribution in [0.1, 0.15) is 33.1 Å². The maximum atomic E-state index is 2.39. The summed E-state index contributed by atoms with van der Waals surface area (Å²) < 4.78 is 0. The summed E-state index contributed by atoms with van der Waals surface area (Å²) >= 11 is 0. The van der Waals surface area contributed by atoms with Gasteiger partial charge in [0.15, 0.2) is 0 Å². The first kappa shape index (κ1) is 12.8. The molecule has 1 aliphatic rings. The van der Waals surface area contributed by atoms with Crippen LogP contribution in [-0.4, -0.2) is 12.3 Å². The van der Waals surface area contributed by atoms with Crippen LogP contribution < -0.4 is 5.30 Å². The van der Waals surface area contributed by atoms with Gasteiger partial charge in [0.25, 0.3) is 0 Å². The summed E-state index contributed by atoms with van der Waals surface area (Å²) in [5, 5.41) is 1.62. The molecule has 17 heavy (non-hydrogen) atoms. The number of allylic oxidation sites excluding steroid dienone is 2. The van der Waals surface area contributed by atoms with Crippen molar-refractivity contribution in [2.24, 2.45) is 5.92 Å². The summed E-state index contributed by atoms with van der Waals surface area (Å²) in [5.41, 5.74) is 1.47. The van der Waals surface area contributed by atoms with E-state index in [0.29, 0.717) is 0 Å². The maximum absolute atomic E-state index is 2.39. The molecule has 0 saturated carbocycles. The average Bonchev–Trinajstić information content (AvgIpc) is 2.78. The Hall–Kier alpha value is -0.610. The zero-order chi connectivity index (χ0) is 12.1. The fourth-order valence-electron chi connectivity index (χ4n) is 2.55. The third-order valence-corrected chi connectivity index (χ3v) is 6.32. The highest BCUT2D eigenvalue weighted by Crippen LogP contribution is 2.46. The molecule has 1 saturated heterocycles. The van der Waals surface area contributed by atoms with Crippen LogP contribution in [0.5, 0.6) is 0 Å². The Morgan fingerprint density at radius 2 is 2.06 bits per heavy atom. The van der Waals surface area contributed by atoms with E-state index in [4.69, 9.17) is 0 Å². The van der Waals surface area contributed by atoms with Gasteiger partial charge in [0.1, 0.15) is 0 Å². The van der Waals surface area contributed by atoms with E-state index in [0.717, 1.165) is 5.92 Å². The lowest BCUT2D eigenvalue weighted by Crippen LogP contribution is -2.02. The van der Waals surface area contributed by atoms with Crippen molar-refractivity contribution in [3.63, 3.8) is 0 Å². The monoisotopic (exact) mass is 246 g/mol. The van der Waals surface area contributed by atoms with Crippen LogP contribution in [0.25, 0.3) is 0 Å². The van der Waals surface area contributed by atoms with Gasteiger partial charge in [-0.05, 0) is 56.7 Å². The Labute approximate surface area is 107 Å². The molecule has 1 aromatic carbocycles. The van der Waals surface area contributed by atoms with Crippen LogP contribution in [0, 0.1) is 5.92 Å². The molecule has 1 fully saturated rings. The number of benzene rings is 1. The quantitative estimate of drug-likeness (QED) is 0.539. The molecule has 0 radical (unpaired) electrons. The molecule has 1 heteroatoms. The predicted molar refractivity (Wildman–Crippen MR) is 79.5 cm³/mol. The minimum Gasteiger partial charge on any atom is -0.0859 e. The molecule has 2 atom stereocenters. The van der Waals surface area contributed by atoms with E-state index in [1.165, 1.54) is 37.2 Å². The summed E-state index contributed by atoms with van der Waals surface area (Å²) in [6, 6.07) is 11.2. The molecule has 0 aliphatic carbocycles. The Bertz CT molecular complexity index is 362. The van der Waals surface area contributed by atoms with E-state index >= 15 is 0 Å².